The van der Waals surface area contributed by atoms with Crippen molar-refractivity contribution in [1.29, 1.82) is 0 Å². The summed E-state index contributed by atoms with van der Waals surface area (Å²) in [6, 6.07) is 0.780. The van der Waals surface area contributed by atoms with Gasteiger partial charge in [0.15, 0.2) is 5.84 Å². The van der Waals surface area contributed by atoms with E-state index in [-0.39, 0.29) is 6.07 Å². The number of nitrogens with one attached hydrogen (secondary N) is 3. The third-order valence-electron chi connectivity index (χ3n) is 3.36. The highest BCUT2D eigenvalue weighted by Crippen LogP contribution is 2.36. The Morgan fingerprint density at radius 3 is 1.87 bits per heavy atom. The van der Waals surface area contributed by atoms with Crippen LogP contribution in [0.4, 0.5) is 26.3 Å². The molecule has 2 amide bonds. The van der Waals surface area contributed by atoms with Crippen LogP contribution in [0.3, 0.4) is 0 Å². The monoisotopic (exact) mass is 439 g/mol. The average molecular weight is 439 g/mol. The van der Waals surface area contributed by atoms with Gasteiger partial charge in [0.25, 0.3) is 5.91 Å². The average Bonchev–Trinajstić information content (AvgIpc) is 2.60. The lowest BCUT2D eigenvalue weighted by molar-refractivity contribution is -0.143. The van der Waals surface area contributed by atoms with Crippen LogP contribution in [0.25, 0.3) is 0 Å². The Bertz CT molecular complexity index is 821. The minimum absolute atomic E-state index is 0.0413. The Kier molecular flexibility index (Phi) is 7.48. The molecule has 0 aromatic heterocycles. The SMILES string of the molecule is CC(C)(C)C(=O)NNC(=O)/C=C\N/N=C(\N)c1cc(C(F)(F)F)cc(C(F)(F)F)c1. The minimum atomic E-state index is -5.03. The Morgan fingerprint density at radius 2 is 1.43 bits per heavy atom. The van der Waals surface area contributed by atoms with Gasteiger partial charge in [-0.1, -0.05) is 20.8 Å². The maximum absolute atomic E-state index is 12.8. The molecule has 0 unspecified atom stereocenters. The highest BCUT2D eigenvalue weighted by Gasteiger charge is 2.37. The summed E-state index contributed by atoms with van der Waals surface area (Å²) < 4.78 is 77.1. The predicted octanol–water partition coefficient (Wildman–Crippen LogP) is 2.64. The first-order chi connectivity index (χ1) is 13.5. The summed E-state index contributed by atoms with van der Waals surface area (Å²) in [7, 11) is 0. The molecule has 0 saturated heterocycles. The van der Waals surface area contributed by atoms with Gasteiger partial charge in [-0.25, -0.2) is 0 Å². The molecule has 0 saturated carbocycles. The molecule has 166 valence electrons. The van der Waals surface area contributed by atoms with Gasteiger partial charge >= 0.3 is 12.4 Å². The van der Waals surface area contributed by atoms with E-state index in [1.54, 1.807) is 20.8 Å². The predicted molar refractivity (Wildman–Crippen MR) is 95.2 cm³/mol. The number of carbonyl (C=O) groups excluding carboxylic acids is 2. The lowest BCUT2D eigenvalue weighted by Gasteiger charge is -2.17. The summed E-state index contributed by atoms with van der Waals surface area (Å²) in [6.07, 6.45) is -8.30. The second-order valence-corrected chi connectivity index (χ2v) is 6.95. The van der Waals surface area contributed by atoms with Crippen molar-refractivity contribution in [2.45, 2.75) is 33.1 Å². The lowest BCUT2D eigenvalue weighted by atomic mass is 9.96. The van der Waals surface area contributed by atoms with Crippen molar-refractivity contribution < 1.29 is 35.9 Å². The normalized spacial score (nSPS) is 13.3. The van der Waals surface area contributed by atoms with Gasteiger partial charge in [0.05, 0.1) is 11.1 Å². The molecule has 0 aliphatic carbocycles. The third kappa shape index (κ3) is 7.64. The van der Waals surface area contributed by atoms with E-state index in [4.69, 9.17) is 5.73 Å². The van der Waals surface area contributed by atoms with E-state index in [2.05, 4.69) is 21.4 Å². The van der Waals surface area contributed by atoms with Gasteiger partial charge in [-0.2, -0.15) is 31.4 Å². The fraction of sp³-hybridized carbons (Fsp3) is 0.353. The number of amides is 2. The summed E-state index contributed by atoms with van der Waals surface area (Å²) >= 11 is 0. The van der Waals surface area contributed by atoms with Crippen LogP contribution in [0.5, 0.6) is 0 Å². The van der Waals surface area contributed by atoms with E-state index in [9.17, 15) is 35.9 Å². The van der Waals surface area contributed by atoms with E-state index in [0.717, 1.165) is 12.3 Å². The van der Waals surface area contributed by atoms with Crippen LogP contribution in [-0.4, -0.2) is 17.6 Å². The molecule has 13 heteroatoms. The molecule has 1 rings (SSSR count). The number of rotatable bonds is 4. The topological polar surface area (TPSA) is 109 Å². The van der Waals surface area contributed by atoms with Crippen LogP contribution in [0, 0.1) is 5.41 Å². The summed E-state index contributed by atoms with van der Waals surface area (Å²) in [5.74, 6) is -1.94. The van der Waals surface area contributed by atoms with Crippen molar-refractivity contribution in [3.8, 4) is 0 Å². The quantitative estimate of drug-likeness (QED) is 0.190. The standard InChI is InChI=1S/C17H19F6N5O2/c1-15(2,3)14(30)28-26-12(29)4-5-25-27-13(24)9-6-10(16(18,19)20)8-11(7-9)17(21,22)23/h4-8,25H,1-3H3,(H2,24,27)(H,26,29)(H,28,30)/b5-4-. The Labute approximate surface area is 167 Å². The Morgan fingerprint density at radius 1 is 0.933 bits per heavy atom. The maximum Gasteiger partial charge on any atom is 0.416 e. The maximum atomic E-state index is 12.8. The number of hydrazine groups is 1. The number of benzene rings is 1. The molecule has 7 nitrogen and oxygen atoms in total. The van der Waals surface area contributed by atoms with Crippen LogP contribution in [0.2, 0.25) is 0 Å². The van der Waals surface area contributed by atoms with Crippen LogP contribution < -0.4 is 22.0 Å². The van der Waals surface area contributed by atoms with Crippen molar-refractivity contribution in [3.05, 3.63) is 47.2 Å². The number of alkyl halides is 6. The molecule has 1 aromatic carbocycles. The van der Waals surface area contributed by atoms with Gasteiger partial charge in [0.1, 0.15) is 0 Å². The summed E-state index contributed by atoms with van der Waals surface area (Å²) in [4.78, 5) is 23.1. The number of carbonyl (C=O) groups is 2. The molecular weight excluding hydrogens is 420 g/mol. The van der Waals surface area contributed by atoms with E-state index in [0.29, 0.717) is 12.1 Å². The number of hydrogen-bond acceptors (Lipinski definition) is 4. The first kappa shape index (κ1) is 24.8. The second-order valence-electron chi connectivity index (χ2n) is 6.95. The van der Waals surface area contributed by atoms with Crippen LogP contribution in [0.1, 0.15) is 37.5 Å². The van der Waals surface area contributed by atoms with E-state index in [1.807, 2.05) is 0 Å². The van der Waals surface area contributed by atoms with Gasteiger partial charge in [-0.15, -0.1) is 0 Å². The van der Waals surface area contributed by atoms with Crippen LogP contribution in [0.15, 0.2) is 35.6 Å². The number of halogens is 6. The molecule has 0 heterocycles. The second kappa shape index (κ2) is 9.05. The zero-order valence-electron chi connectivity index (χ0n) is 16.0. The van der Waals surface area contributed by atoms with Crippen molar-refractivity contribution in [2.24, 2.45) is 16.3 Å². The summed E-state index contributed by atoms with van der Waals surface area (Å²) in [5.41, 5.74) is 7.28. The lowest BCUT2D eigenvalue weighted by Crippen LogP contribution is -2.46. The number of hydrazone groups is 1. The first-order valence-electron chi connectivity index (χ1n) is 8.17. The fourth-order valence-corrected chi connectivity index (χ4v) is 1.73. The van der Waals surface area contributed by atoms with E-state index < -0.39 is 52.1 Å². The smallest absolute Gasteiger partial charge is 0.382 e. The number of nitrogens with two attached hydrogens (primary N) is 1. The Hall–Kier alpha value is -3.25. The summed E-state index contributed by atoms with van der Waals surface area (Å²) in [6.45, 7) is 4.84. The van der Waals surface area contributed by atoms with E-state index >= 15 is 0 Å². The molecule has 0 aliphatic rings. The van der Waals surface area contributed by atoms with Gasteiger partial charge in [0, 0.05) is 23.3 Å². The fourth-order valence-electron chi connectivity index (χ4n) is 1.73. The molecule has 0 aliphatic heterocycles. The molecule has 0 atom stereocenters. The number of nitrogens with zero attached hydrogens (tertiary/aromatic N) is 1. The summed E-state index contributed by atoms with van der Waals surface area (Å²) in [5, 5.41) is 3.40. The minimum Gasteiger partial charge on any atom is -0.382 e. The van der Waals surface area contributed by atoms with E-state index in [1.165, 1.54) is 0 Å². The molecule has 0 spiro atoms. The molecule has 1 aromatic rings. The number of amidine groups is 1. The van der Waals surface area contributed by atoms with Crippen molar-refractivity contribution in [3.63, 3.8) is 0 Å². The van der Waals surface area contributed by atoms with Gasteiger partial charge in [-0.3, -0.25) is 25.9 Å². The first-order valence-corrected chi connectivity index (χ1v) is 8.17. The molecular formula is C17H19F6N5O2. The van der Waals surface area contributed by atoms with Gasteiger partial charge in [-0.05, 0) is 18.2 Å². The van der Waals surface area contributed by atoms with Crippen molar-refractivity contribution >= 4 is 17.6 Å². The van der Waals surface area contributed by atoms with Gasteiger partial charge in [0.2, 0.25) is 5.91 Å². The van der Waals surface area contributed by atoms with Crippen molar-refractivity contribution in [2.75, 3.05) is 0 Å². The molecule has 30 heavy (non-hydrogen) atoms. The molecule has 5 N–H and O–H groups in total. The zero-order chi connectivity index (χ0) is 23.3. The number of hydrogen-bond donors (Lipinski definition) is 4. The molecule has 0 fully saturated rings. The zero-order valence-corrected chi connectivity index (χ0v) is 16.0. The third-order valence-corrected chi connectivity index (χ3v) is 3.36. The highest BCUT2D eigenvalue weighted by atomic mass is 19.4. The molecule has 0 bridgehead atoms. The largest absolute Gasteiger partial charge is 0.416 e. The van der Waals surface area contributed by atoms with Gasteiger partial charge < -0.3 is 5.73 Å². The van der Waals surface area contributed by atoms with Crippen LogP contribution in [-0.2, 0) is 21.9 Å². The Balaban J connectivity index is 2.88. The van der Waals surface area contributed by atoms with Crippen LogP contribution >= 0.6 is 0 Å². The molecule has 0 radical (unpaired) electrons. The highest BCUT2D eigenvalue weighted by molar-refractivity contribution is 5.97. The van der Waals surface area contributed by atoms with Crippen molar-refractivity contribution in [1.82, 2.24) is 16.3 Å².